The number of rotatable bonds is 5. The molecule has 1 atom stereocenters. The Bertz CT molecular complexity index is 497. The van der Waals surface area contributed by atoms with E-state index in [4.69, 9.17) is 9.47 Å². The number of benzene rings is 1. The third-order valence-corrected chi connectivity index (χ3v) is 4.59. The highest BCUT2D eigenvalue weighted by molar-refractivity contribution is 5.79. The topological polar surface area (TPSA) is 42.0 Å². The Balaban J connectivity index is 1.63. The predicted octanol–water partition coefficient (Wildman–Crippen LogP) is 1.69. The summed E-state index contributed by atoms with van der Waals surface area (Å²) in [5.74, 6) is 1.13. The first-order valence-electron chi connectivity index (χ1n) is 8.01. The Morgan fingerprint density at radius 1 is 1.18 bits per heavy atom. The molecule has 2 aliphatic heterocycles. The summed E-state index contributed by atoms with van der Waals surface area (Å²) in [4.78, 5) is 16.6. The van der Waals surface area contributed by atoms with E-state index in [0.717, 1.165) is 51.6 Å². The molecule has 0 saturated carbocycles. The molecular weight excluding hydrogens is 280 g/mol. The Kier molecular flexibility index (Phi) is 4.95. The van der Waals surface area contributed by atoms with Crippen molar-refractivity contribution < 1.29 is 14.3 Å². The maximum Gasteiger partial charge on any atom is 0.223 e. The zero-order valence-electron chi connectivity index (χ0n) is 13.2. The number of hydrogen-bond acceptors (Lipinski definition) is 4. The second-order valence-corrected chi connectivity index (χ2v) is 5.87. The van der Waals surface area contributed by atoms with Crippen LogP contribution < -0.4 is 4.74 Å². The number of carbonyl (C=O) groups is 1. The van der Waals surface area contributed by atoms with Crippen LogP contribution in [0.25, 0.3) is 0 Å². The smallest absolute Gasteiger partial charge is 0.223 e. The molecule has 0 spiro atoms. The summed E-state index contributed by atoms with van der Waals surface area (Å²) in [6, 6.07) is 8.30. The molecule has 2 aliphatic rings. The number of likely N-dealkylation sites (tertiary alicyclic amines) is 1. The molecule has 3 rings (SSSR count). The van der Waals surface area contributed by atoms with Crippen LogP contribution >= 0.6 is 0 Å². The zero-order valence-corrected chi connectivity index (χ0v) is 13.2. The molecule has 0 bridgehead atoms. The monoisotopic (exact) mass is 304 g/mol. The normalized spacial score (nSPS) is 23.0. The molecular formula is C17H24N2O3. The first kappa shape index (κ1) is 15.3. The van der Waals surface area contributed by atoms with E-state index in [1.54, 1.807) is 7.11 Å². The van der Waals surface area contributed by atoms with Crippen molar-refractivity contribution in [1.82, 2.24) is 9.80 Å². The third kappa shape index (κ3) is 3.42. The summed E-state index contributed by atoms with van der Waals surface area (Å²) in [5.41, 5.74) is 1.20. The quantitative estimate of drug-likeness (QED) is 0.830. The van der Waals surface area contributed by atoms with Crippen molar-refractivity contribution in [3.05, 3.63) is 29.8 Å². The lowest BCUT2D eigenvalue weighted by atomic mass is 10.0. The van der Waals surface area contributed by atoms with Gasteiger partial charge in [-0.25, -0.2) is 0 Å². The second kappa shape index (κ2) is 7.11. The van der Waals surface area contributed by atoms with Gasteiger partial charge in [-0.3, -0.25) is 9.69 Å². The van der Waals surface area contributed by atoms with E-state index in [9.17, 15) is 4.79 Å². The molecule has 5 nitrogen and oxygen atoms in total. The average molecular weight is 304 g/mol. The standard InChI is InChI=1S/C17H24N2O3/c1-21-15-4-2-14(3-5-15)16-6-7-17(20)19(16)9-8-18-10-12-22-13-11-18/h2-5,16H,6-13H2,1H3/t16-/m0/s1. The van der Waals surface area contributed by atoms with Gasteiger partial charge < -0.3 is 14.4 Å². The van der Waals surface area contributed by atoms with E-state index in [1.807, 2.05) is 17.0 Å². The minimum Gasteiger partial charge on any atom is -0.497 e. The summed E-state index contributed by atoms with van der Waals surface area (Å²) >= 11 is 0. The Morgan fingerprint density at radius 2 is 1.91 bits per heavy atom. The molecule has 2 saturated heterocycles. The molecule has 120 valence electrons. The number of ether oxygens (including phenoxy) is 2. The summed E-state index contributed by atoms with van der Waals surface area (Å²) in [5, 5.41) is 0. The van der Waals surface area contributed by atoms with E-state index < -0.39 is 0 Å². The Hall–Kier alpha value is -1.59. The SMILES string of the molecule is COc1ccc([C@@H]2CCC(=O)N2CCN2CCOCC2)cc1. The molecule has 1 aromatic carbocycles. The van der Waals surface area contributed by atoms with Crippen LogP contribution in [-0.2, 0) is 9.53 Å². The lowest BCUT2D eigenvalue weighted by molar-refractivity contribution is -0.129. The molecule has 0 radical (unpaired) electrons. The van der Waals surface area contributed by atoms with Gasteiger partial charge in [0.25, 0.3) is 0 Å². The van der Waals surface area contributed by atoms with Gasteiger partial charge in [0.15, 0.2) is 0 Å². The van der Waals surface area contributed by atoms with Crippen LogP contribution in [0.4, 0.5) is 0 Å². The predicted molar refractivity (Wildman–Crippen MR) is 83.9 cm³/mol. The lowest BCUT2D eigenvalue weighted by Crippen LogP contribution is -2.42. The van der Waals surface area contributed by atoms with Gasteiger partial charge >= 0.3 is 0 Å². The fourth-order valence-corrected chi connectivity index (χ4v) is 3.26. The molecule has 0 aromatic heterocycles. The minimum atomic E-state index is 0.208. The first-order chi connectivity index (χ1) is 10.8. The Morgan fingerprint density at radius 3 is 2.59 bits per heavy atom. The highest BCUT2D eigenvalue weighted by atomic mass is 16.5. The fourth-order valence-electron chi connectivity index (χ4n) is 3.26. The van der Waals surface area contributed by atoms with Gasteiger partial charge in [-0.15, -0.1) is 0 Å². The van der Waals surface area contributed by atoms with E-state index >= 15 is 0 Å². The molecule has 0 N–H and O–H groups in total. The van der Waals surface area contributed by atoms with Gasteiger partial charge in [-0.2, -0.15) is 0 Å². The van der Waals surface area contributed by atoms with Crippen molar-refractivity contribution in [3.63, 3.8) is 0 Å². The van der Waals surface area contributed by atoms with Crippen LogP contribution in [-0.4, -0.2) is 62.2 Å². The number of amides is 1. The van der Waals surface area contributed by atoms with Crippen molar-refractivity contribution in [2.75, 3.05) is 46.5 Å². The van der Waals surface area contributed by atoms with Crippen LogP contribution in [0, 0.1) is 0 Å². The summed E-state index contributed by atoms with van der Waals surface area (Å²) in [6.45, 7) is 5.27. The van der Waals surface area contributed by atoms with Gasteiger partial charge in [0, 0.05) is 32.6 Å². The van der Waals surface area contributed by atoms with E-state index in [0.29, 0.717) is 6.42 Å². The van der Waals surface area contributed by atoms with Crippen LogP contribution in [0.2, 0.25) is 0 Å². The molecule has 1 aromatic rings. The van der Waals surface area contributed by atoms with Gasteiger partial charge in [-0.1, -0.05) is 12.1 Å². The van der Waals surface area contributed by atoms with Crippen molar-refractivity contribution >= 4 is 5.91 Å². The fraction of sp³-hybridized carbons (Fsp3) is 0.588. The van der Waals surface area contributed by atoms with E-state index in [1.165, 1.54) is 5.56 Å². The van der Waals surface area contributed by atoms with Crippen molar-refractivity contribution in [1.29, 1.82) is 0 Å². The van der Waals surface area contributed by atoms with Gasteiger partial charge in [0.05, 0.1) is 26.4 Å². The van der Waals surface area contributed by atoms with Crippen molar-refractivity contribution in [3.8, 4) is 5.75 Å². The number of carbonyl (C=O) groups excluding carboxylic acids is 1. The summed E-state index contributed by atoms with van der Waals surface area (Å²) in [7, 11) is 1.67. The van der Waals surface area contributed by atoms with E-state index in [2.05, 4.69) is 17.0 Å². The van der Waals surface area contributed by atoms with Crippen LogP contribution in [0.1, 0.15) is 24.4 Å². The highest BCUT2D eigenvalue weighted by Crippen LogP contribution is 2.33. The van der Waals surface area contributed by atoms with Crippen molar-refractivity contribution in [2.45, 2.75) is 18.9 Å². The number of hydrogen-bond donors (Lipinski definition) is 0. The zero-order chi connectivity index (χ0) is 15.4. The maximum atomic E-state index is 12.2. The van der Waals surface area contributed by atoms with E-state index in [-0.39, 0.29) is 11.9 Å². The summed E-state index contributed by atoms with van der Waals surface area (Å²) < 4.78 is 10.6. The molecule has 0 aliphatic carbocycles. The number of nitrogens with zero attached hydrogens (tertiary/aromatic N) is 2. The largest absolute Gasteiger partial charge is 0.497 e. The Labute approximate surface area is 131 Å². The van der Waals surface area contributed by atoms with Crippen LogP contribution in [0.5, 0.6) is 5.75 Å². The number of methoxy groups -OCH3 is 1. The molecule has 2 fully saturated rings. The van der Waals surface area contributed by atoms with Crippen LogP contribution in [0.15, 0.2) is 24.3 Å². The summed E-state index contributed by atoms with van der Waals surface area (Å²) in [6.07, 6.45) is 1.56. The minimum absolute atomic E-state index is 0.208. The van der Waals surface area contributed by atoms with Gasteiger partial charge in [0.2, 0.25) is 5.91 Å². The van der Waals surface area contributed by atoms with Crippen molar-refractivity contribution in [2.24, 2.45) is 0 Å². The molecule has 5 heteroatoms. The first-order valence-corrected chi connectivity index (χ1v) is 8.01. The van der Waals surface area contributed by atoms with Gasteiger partial charge in [-0.05, 0) is 24.1 Å². The molecule has 2 heterocycles. The maximum absolute atomic E-state index is 12.2. The lowest BCUT2D eigenvalue weighted by Gasteiger charge is -2.31. The molecule has 1 amide bonds. The molecule has 0 unspecified atom stereocenters. The third-order valence-electron chi connectivity index (χ3n) is 4.59. The number of morpholine rings is 1. The van der Waals surface area contributed by atoms with Crippen LogP contribution in [0.3, 0.4) is 0 Å². The average Bonchev–Trinajstić information content (AvgIpc) is 2.95. The molecule has 22 heavy (non-hydrogen) atoms. The second-order valence-electron chi connectivity index (χ2n) is 5.87. The highest BCUT2D eigenvalue weighted by Gasteiger charge is 2.32. The van der Waals surface area contributed by atoms with Gasteiger partial charge in [0.1, 0.15) is 5.75 Å².